The molecule has 2 aromatic rings. The number of hydrogen-bond acceptors (Lipinski definition) is 4. The number of aryl methyl sites for hydroxylation is 1. The van der Waals surface area contributed by atoms with Crippen LogP contribution in [0.4, 0.5) is 10.1 Å². The lowest BCUT2D eigenvalue weighted by Crippen LogP contribution is -2.29. The number of nitrogens with zero attached hydrogens (tertiary/aromatic N) is 3. The van der Waals surface area contributed by atoms with E-state index in [-0.39, 0.29) is 23.5 Å². The van der Waals surface area contributed by atoms with E-state index >= 15 is 0 Å². The molecule has 0 saturated carbocycles. The number of rotatable bonds is 3. The van der Waals surface area contributed by atoms with Crippen molar-refractivity contribution in [3.63, 3.8) is 0 Å². The molecule has 2 heterocycles. The quantitative estimate of drug-likeness (QED) is 0.908. The van der Waals surface area contributed by atoms with E-state index in [0.29, 0.717) is 5.69 Å². The van der Waals surface area contributed by atoms with Gasteiger partial charge in [0.25, 0.3) is 5.91 Å². The zero-order chi connectivity index (χ0) is 15.5. The second-order valence-corrected chi connectivity index (χ2v) is 5.48. The van der Waals surface area contributed by atoms with Crippen LogP contribution in [-0.2, 0) is 0 Å². The van der Waals surface area contributed by atoms with Crippen LogP contribution in [0.1, 0.15) is 34.9 Å². The van der Waals surface area contributed by atoms with Gasteiger partial charge in [-0.1, -0.05) is 11.3 Å². The van der Waals surface area contributed by atoms with Crippen LogP contribution in [0, 0.1) is 12.7 Å². The molecule has 0 unspecified atom stereocenters. The minimum Gasteiger partial charge on any atom is -0.320 e. The van der Waals surface area contributed by atoms with Gasteiger partial charge in [0.1, 0.15) is 5.82 Å². The van der Waals surface area contributed by atoms with Gasteiger partial charge in [0.05, 0.1) is 12.2 Å². The molecule has 1 aromatic carbocycles. The summed E-state index contributed by atoms with van der Waals surface area (Å²) in [5, 5.41) is 13.9. The molecule has 1 saturated heterocycles. The number of piperidine rings is 1. The molecule has 0 aliphatic carbocycles. The molecule has 0 bridgehead atoms. The molecule has 1 amide bonds. The third kappa shape index (κ3) is 3.14. The lowest BCUT2D eigenvalue weighted by atomic mass is 10.1. The minimum absolute atomic E-state index is 0.238. The van der Waals surface area contributed by atoms with Gasteiger partial charge < -0.3 is 10.6 Å². The number of benzene rings is 1. The van der Waals surface area contributed by atoms with Gasteiger partial charge >= 0.3 is 0 Å². The molecule has 0 radical (unpaired) electrons. The van der Waals surface area contributed by atoms with Crippen LogP contribution in [-0.4, -0.2) is 34.0 Å². The topological polar surface area (TPSA) is 71.8 Å². The number of carbonyl (C=O) groups is 1. The van der Waals surface area contributed by atoms with Crippen LogP contribution in [0.5, 0.6) is 0 Å². The molecule has 22 heavy (non-hydrogen) atoms. The monoisotopic (exact) mass is 303 g/mol. The molecule has 1 aliphatic rings. The average molecular weight is 303 g/mol. The summed E-state index contributed by atoms with van der Waals surface area (Å²) in [6.07, 6.45) is 3.58. The van der Waals surface area contributed by atoms with Crippen molar-refractivity contribution in [2.75, 3.05) is 18.4 Å². The highest BCUT2D eigenvalue weighted by Crippen LogP contribution is 2.19. The largest absolute Gasteiger partial charge is 0.320 e. The summed E-state index contributed by atoms with van der Waals surface area (Å²) < 4.78 is 15.0. The molecule has 116 valence electrons. The Morgan fingerprint density at radius 1 is 1.41 bits per heavy atom. The fraction of sp³-hybridized carbons (Fsp3) is 0.400. The fourth-order valence-corrected chi connectivity index (χ4v) is 2.55. The first-order valence-corrected chi connectivity index (χ1v) is 7.33. The van der Waals surface area contributed by atoms with Crippen LogP contribution in [0.3, 0.4) is 0 Å². The first-order chi connectivity index (χ1) is 10.6. The van der Waals surface area contributed by atoms with Crippen LogP contribution in [0.2, 0.25) is 0 Å². The summed E-state index contributed by atoms with van der Waals surface area (Å²) in [5.41, 5.74) is 1.48. The molecule has 1 fully saturated rings. The smallest absolute Gasteiger partial charge is 0.277 e. The maximum atomic E-state index is 13.3. The van der Waals surface area contributed by atoms with Crippen LogP contribution >= 0.6 is 0 Å². The molecule has 0 spiro atoms. The van der Waals surface area contributed by atoms with Crippen molar-refractivity contribution in [1.29, 1.82) is 0 Å². The van der Waals surface area contributed by atoms with Gasteiger partial charge in [0.15, 0.2) is 5.69 Å². The van der Waals surface area contributed by atoms with Gasteiger partial charge in [-0.2, -0.15) is 0 Å². The molecule has 7 heteroatoms. The number of carbonyl (C=O) groups excluding carboxylic acids is 1. The lowest BCUT2D eigenvalue weighted by molar-refractivity contribution is 0.102. The van der Waals surface area contributed by atoms with Crippen molar-refractivity contribution in [2.24, 2.45) is 0 Å². The number of nitrogens with one attached hydrogen (secondary N) is 2. The fourth-order valence-electron chi connectivity index (χ4n) is 2.55. The predicted molar refractivity (Wildman–Crippen MR) is 80.3 cm³/mol. The maximum absolute atomic E-state index is 13.3. The van der Waals surface area contributed by atoms with Crippen molar-refractivity contribution in [1.82, 2.24) is 20.3 Å². The Balaban J connectivity index is 1.72. The Morgan fingerprint density at radius 2 is 2.18 bits per heavy atom. The minimum atomic E-state index is -0.390. The van der Waals surface area contributed by atoms with E-state index in [9.17, 15) is 9.18 Å². The van der Waals surface area contributed by atoms with E-state index in [0.717, 1.165) is 31.5 Å². The van der Waals surface area contributed by atoms with Gasteiger partial charge in [-0.3, -0.25) is 4.79 Å². The Kier molecular flexibility index (Phi) is 4.15. The Morgan fingerprint density at radius 3 is 2.95 bits per heavy atom. The number of hydrogen-bond donors (Lipinski definition) is 2. The lowest BCUT2D eigenvalue weighted by Gasteiger charge is -2.22. The second-order valence-electron chi connectivity index (χ2n) is 5.48. The van der Waals surface area contributed by atoms with E-state index < -0.39 is 0 Å². The highest BCUT2D eigenvalue weighted by molar-refractivity contribution is 6.03. The maximum Gasteiger partial charge on any atom is 0.277 e. The van der Waals surface area contributed by atoms with Crippen LogP contribution < -0.4 is 10.6 Å². The van der Waals surface area contributed by atoms with Crippen molar-refractivity contribution in [3.05, 3.63) is 41.5 Å². The summed E-state index contributed by atoms with van der Waals surface area (Å²) >= 11 is 0. The third-order valence-electron chi connectivity index (χ3n) is 3.87. The number of amides is 1. The summed E-state index contributed by atoms with van der Waals surface area (Å²) in [6, 6.07) is 4.55. The van der Waals surface area contributed by atoms with Crippen molar-refractivity contribution >= 4 is 11.6 Å². The second kappa shape index (κ2) is 6.23. The zero-order valence-corrected chi connectivity index (χ0v) is 12.3. The number of halogens is 1. The molecular formula is C15H18FN5O. The first kappa shape index (κ1) is 14.6. The van der Waals surface area contributed by atoms with Gasteiger partial charge in [0.2, 0.25) is 0 Å². The van der Waals surface area contributed by atoms with E-state index in [4.69, 9.17) is 0 Å². The Labute approximate surface area is 127 Å². The standard InChI is InChI=1S/C15H18FN5O/c1-10-2-3-11(16)8-13(10)18-15(22)14-9-21(20-19-14)12-4-6-17-7-5-12/h2-3,8-9,12,17H,4-7H2,1H3,(H,18,22). The van der Waals surface area contributed by atoms with Gasteiger partial charge in [-0.05, 0) is 50.6 Å². The van der Waals surface area contributed by atoms with E-state index in [1.54, 1.807) is 23.9 Å². The van der Waals surface area contributed by atoms with Crippen LogP contribution in [0.15, 0.2) is 24.4 Å². The molecule has 2 N–H and O–H groups in total. The number of anilines is 1. The van der Waals surface area contributed by atoms with Gasteiger partial charge in [-0.25, -0.2) is 9.07 Å². The highest BCUT2D eigenvalue weighted by Gasteiger charge is 2.19. The zero-order valence-electron chi connectivity index (χ0n) is 12.3. The van der Waals surface area contributed by atoms with Gasteiger partial charge in [0, 0.05) is 5.69 Å². The molecule has 3 rings (SSSR count). The van der Waals surface area contributed by atoms with Crippen molar-refractivity contribution < 1.29 is 9.18 Å². The van der Waals surface area contributed by atoms with Crippen molar-refractivity contribution in [2.45, 2.75) is 25.8 Å². The SMILES string of the molecule is Cc1ccc(F)cc1NC(=O)c1cn(C2CCNCC2)nn1. The average Bonchev–Trinajstić information content (AvgIpc) is 3.02. The normalized spacial score (nSPS) is 15.7. The third-order valence-corrected chi connectivity index (χ3v) is 3.87. The van der Waals surface area contributed by atoms with Crippen LogP contribution in [0.25, 0.3) is 0 Å². The Bertz CT molecular complexity index is 678. The van der Waals surface area contributed by atoms with E-state index in [2.05, 4.69) is 20.9 Å². The predicted octanol–water partition coefficient (Wildman–Crippen LogP) is 1.90. The van der Waals surface area contributed by atoms with Crippen molar-refractivity contribution in [3.8, 4) is 0 Å². The molecule has 6 nitrogen and oxygen atoms in total. The highest BCUT2D eigenvalue weighted by atomic mass is 19.1. The molecule has 0 atom stereocenters. The first-order valence-electron chi connectivity index (χ1n) is 7.33. The van der Waals surface area contributed by atoms with E-state index in [1.165, 1.54) is 12.1 Å². The molecule has 1 aromatic heterocycles. The van der Waals surface area contributed by atoms with E-state index in [1.807, 2.05) is 0 Å². The summed E-state index contributed by atoms with van der Waals surface area (Å²) in [5.74, 6) is -0.770. The molecular weight excluding hydrogens is 285 g/mol. The van der Waals surface area contributed by atoms with Gasteiger partial charge in [-0.15, -0.1) is 5.10 Å². The summed E-state index contributed by atoms with van der Waals surface area (Å²) in [6.45, 7) is 3.68. The summed E-state index contributed by atoms with van der Waals surface area (Å²) in [4.78, 5) is 12.2. The number of aromatic nitrogens is 3. The Hall–Kier alpha value is -2.28. The molecule has 1 aliphatic heterocycles. The summed E-state index contributed by atoms with van der Waals surface area (Å²) in [7, 11) is 0.